The number of pyridine rings is 1. The van der Waals surface area contributed by atoms with E-state index in [0.717, 1.165) is 29.4 Å². The van der Waals surface area contributed by atoms with Crippen LogP contribution in [-0.4, -0.2) is 53.9 Å². The number of carbonyl (C=O) groups excluding carboxylic acids is 1. The molecule has 2 heterocycles. The Morgan fingerprint density at radius 2 is 2.03 bits per heavy atom. The predicted molar refractivity (Wildman–Crippen MR) is 129 cm³/mol. The lowest BCUT2D eigenvalue weighted by Crippen LogP contribution is -2.54. The lowest BCUT2D eigenvalue weighted by atomic mass is 9.89. The number of anilines is 1. The lowest BCUT2D eigenvalue weighted by Gasteiger charge is -2.41. The van der Waals surface area contributed by atoms with Gasteiger partial charge < -0.3 is 26.4 Å². The molecule has 1 aliphatic heterocycles. The van der Waals surface area contributed by atoms with Crippen LogP contribution in [0.3, 0.4) is 0 Å². The number of aliphatic hydroxyl groups is 1. The average Bonchev–Trinajstić information content (AvgIpc) is 2.78. The fourth-order valence-electron chi connectivity index (χ4n) is 5.18. The van der Waals surface area contributed by atoms with Crippen molar-refractivity contribution in [2.24, 2.45) is 11.7 Å². The number of nitrogens with one attached hydrogen (secondary N) is 2. The zero-order valence-corrected chi connectivity index (χ0v) is 19.3. The number of aryl methyl sites for hydroxylation is 1. The predicted octanol–water partition coefficient (Wildman–Crippen LogP) is 2.69. The zero-order chi connectivity index (χ0) is 22.7. The van der Waals surface area contributed by atoms with Gasteiger partial charge in [0, 0.05) is 43.1 Å². The summed E-state index contributed by atoms with van der Waals surface area (Å²) in [6.45, 7) is 5.37. The third kappa shape index (κ3) is 5.22. The van der Waals surface area contributed by atoms with Crippen molar-refractivity contribution >= 4 is 22.6 Å². The van der Waals surface area contributed by atoms with Crippen LogP contribution in [0.2, 0.25) is 0 Å². The molecule has 174 valence electrons. The number of benzene rings is 1. The highest BCUT2D eigenvalue weighted by Crippen LogP contribution is 2.29. The van der Waals surface area contributed by atoms with Crippen molar-refractivity contribution < 1.29 is 9.90 Å². The normalized spacial score (nSPS) is 23.3. The highest BCUT2D eigenvalue weighted by Gasteiger charge is 2.33. The molecule has 1 saturated heterocycles. The van der Waals surface area contributed by atoms with Crippen LogP contribution in [0.5, 0.6) is 0 Å². The molecule has 2 aliphatic rings. The van der Waals surface area contributed by atoms with E-state index < -0.39 is 6.17 Å². The van der Waals surface area contributed by atoms with E-state index in [1.54, 1.807) is 6.92 Å². The Balaban J connectivity index is 1.60. The van der Waals surface area contributed by atoms with Gasteiger partial charge in [-0.3, -0.25) is 4.79 Å². The maximum atomic E-state index is 13.0. The van der Waals surface area contributed by atoms with Gasteiger partial charge in [-0.1, -0.05) is 30.9 Å². The number of rotatable bonds is 6. The van der Waals surface area contributed by atoms with E-state index in [0.29, 0.717) is 30.0 Å². The molecule has 32 heavy (non-hydrogen) atoms. The van der Waals surface area contributed by atoms with Crippen molar-refractivity contribution in [1.82, 2.24) is 15.6 Å². The summed E-state index contributed by atoms with van der Waals surface area (Å²) in [5.41, 5.74) is 8.37. The van der Waals surface area contributed by atoms with Gasteiger partial charge in [0.2, 0.25) is 0 Å². The molecule has 0 bridgehead atoms. The van der Waals surface area contributed by atoms with Crippen molar-refractivity contribution in [3.8, 4) is 0 Å². The molecule has 1 aromatic heterocycles. The second kappa shape index (κ2) is 10.1. The summed E-state index contributed by atoms with van der Waals surface area (Å²) in [5.74, 6) is 0.563. The van der Waals surface area contributed by atoms with Crippen molar-refractivity contribution in [3.05, 3.63) is 35.4 Å². The summed E-state index contributed by atoms with van der Waals surface area (Å²) in [6, 6.07) is 8.86. The monoisotopic (exact) mass is 439 g/mol. The third-order valence-electron chi connectivity index (χ3n) is 6.88. The van der Waals surface area contributed by atoms with Crippen molar-refractivity contribution in [2.45, 2.75) is 70.6 Å². The van der Waals surface area contributed by atoms with Gasteiger partial charge in [0.1, 0.15) is 5.82 Å². The van der Waals surface area contributed by atoms with Crippen LogP contribution in [0.4, 0.5) is 5.82 Å². The van der Waals surface area contributed by atoms with Gasteiger partial charge >= 0.3 is 0 Å². The van der Waals surface area contributed by atoms with Crippen LogP contribution in [-0.2, 0) is 0 Å². The van der Waals surface area contributed by atoms with E-state index >= 15 is 0 Å². The number of piperidine rings is 1. The van der Waals surface area contributed by atoms with E-state index in [1.165, 1.54) is 32.1 Å². The molecule has 3 unspecified atom stereocenters. The number of fused-ring (bicyclic) bond motifs is 1. The quantitative estimate of drug-likeness (QED) is 0.516. The maximum Gasteiger partial charge on any atom is 0.256 e. The van der Waals surface area contributed by atoms with E-state index in [2.05, 4.69) is 15.5 Å². The Morgan fingerprint density at radius 3 is 2.75 bits per heavy atom. The summed E-state index contributed by atoms with van der Waals surface area (Å²) in [6.07, 6.45) is 6.84. The van der Waals surface area contributed by atoms with Crippen LogP contribution in [0.1, 0.15) is 61.4 Å². The smallest absolute Gasteiger partial charge is 0.256 e. The van der Waals surface area contributed by atoms with Crippen LogP contribution >= 0.6 is 0 Å². The van der Waals surface area contributed by atoms with Crippen LogP contribution in [0.15, 0.2) is 24.3 Å². The number of carbonyl (C=O) groups is 1. The minimum Gasteiger partial charge on any atom is -0.396 e. The lowest BCUT2D eigenvalue weighted by molar-refractivity contribution is 0.0941. The van der Waals surface area contributed by atoms with E-state index in [-0.39, 0.29) is 18.4 Å². The standard InChI is InChI=1S/C25H37N5O2/c1-16-8-9-22-18(12-16)13-21(25(32)27-17(2)26)24(29-22)30-11-10-23(19(14-30)15-31)28-20-6-4-3-5-7-20/h8-9,12-13,17,19-20,23,28,31H,3-7,10-11,14-15,26H2,1-2H3,(H,27,32). The van der Waals surface area contributed by atoms with Gasteiger partial charge in [0.25, 0.3) is 5.91 Å². The van der Waals surface area contributed by atoms with Crippen molar-refractivity contribution in [3.63, 3.8) is 0 Å². The molecule has 1 amide bonds. The molecule has 1 saturated carbocycles. The second-order valence-electron chi connectivity index (χ2n) is 9.60. The first-order chi connectivity index (χ1) is 15.4. The molecule has 0 radical (unpaired) electrons. The Labute approximate surface area is 190 Å². The second-order valence-corrected chi connectivity index (χ2v) is 9.60. The topological polar surface area (TPSA) is 104 Å². The number of hydrogen-bond acceptors (Lipinski definition) is 6. The Morgan fingerprint density at radius 1 is 1.25 bits per heavy atom. The molecule has 7 heteroatoms. The average molecular weight is 440 g/mol. The van der Waals surface area contributed by atoms with Gasteiger partial charge in [-0.15, -0.1) is 0 Å². The molecule has 4 rings (SSSR count). The van der Waals surface area contributed by atoms with Gasteiger partial charge in [-0.05, 0) is 51.3 Å². The maximum absolute atomic E-state index is 13.0. The highest BCUT2D eigenvalue weighted by molar-refractivity contribution is 6.02. The van der Waals surface area contributed by atoms with Gasteiger partial charge in [0.15, 0.2) is 0 Å². The summed E-state index contributed by atoms with van der Waals surface area (Å²) in [5, 5.41) is 17.8. The summed E-state index contributed by atoms with van der Waals surface area (Å²) < 4.78 is 0. The fourth-order valence-corrected chi connectivity index (χ4v) is 5.18. The fraction of sp³-hybridized carbons (Fsp3) is 0.600. The first-order valence-electron chi connectivity index (χ1n) is 12.0. The highest BCUT2D eigenvalue weighted by atomic mass is 16.3. The molecular formula is C25H37N5O2. The molecular weight excluding hydrogens is 402 g/mol. The molecule has 0 spiro atoms. The number of aromatic nitrogens is 1. The largest absolute Gasteiger partial charge is 0.396 e. The number of amides is 1. The number of nitrogens with zero attached hydrogens (tertiary/aromatic N) is 2. The number of aliphatic hydroxyl groups excluding tert-OH is 1. The number of nitrogens with two attached hydrogens (primary N) is 1. The summed E-state index contributed by atoms with van der Waals surface area (Å²) in [4.78, 5) is 20.1. The van der Waals surface area contributed by atoms with Gasteiger partial charge in [-0.2, -0.15) is 0 Å². The molecule has 1 aliphatic carbocycles. The Bertz CT molecular complexity index is 941. The van der Waals surface area contributed by atoms with Gasteiger partial charge in [0.05, 0.1) is 17.2 Å². The first kappa shape index (κ1) is 23.0. The minimum atomic E-state index is -0.445. The molecule has 3 atom stereocenters. The van der Waals surface area contributed by atoms with Crippen LogP contribution in [0, 0.1) is 12.8 Å². The molecule has 1 aromatic carbocycles. The minimum absolute atomic E-state index is 0.102. The zero-order valence-electron chi connectivity index (χ0n) is 19.3. The SMILES string of the molecule is Cc1ccc2nc(N3CCC(NC4CCCCC4)C(CO)C3)c(C(=O)NC(C)N)cc2c1. The van der Waals surface area contributed by atoms with E-state index in [9.17, 15) is 9.90 Å². The molecule has 7 nitrogen and oxygen atoms in total. The number of hydrogen-bond donors (Lipinski definition) is 4. The molecule has 5 N–H and O–H groups in total. The Hall–Kier alpha value is -2.22. The van der Waals surface area contributed by atoms with Crippen LogP contribution in [0.25, 0.3) is 10.9 Å². The van der Waals surface area contributed by atoms with Crippen molar-refractivity contribution in [1.29, 1.82) is 0 Å². The van der Waals surface area contributed by atoms with Crippen LogP contribution < -0.4 is 21.3 Å². The van der Waals surface area contributed by atoms with E-state index in [1.807, 2.05) is 31.2 Å². The van der Waals surface area contributed by atoms with Crippen molar-refractivity contribution in [2.75, 3.05) is 24.6 Å². The Kier molecular flexibility index (Phi) is 7.28. The first-order valence-corrected chi connectivity index (χ1v) is 12.0. The third-order valence-corrected chi connectivity index (χ3v) is 6.88. The summed E-state index contributed by atoms with van der Waals surface area (Å²) in [7, 11) is 0. The molecule has 2 aromatic rings. The van der Waals surface area contributed by atoms with E-state index in [4.69, 9.17) is 10.7 Å². The van der Waals surface area contributed by atoms with Gasteiger partial charge in [-0.25, -0.2) is 4.98 Å². The molecule has 2 fully saturated rings. The summed E-state index contributed by atoms with van der Waals surface area (Å²) >= 11 is 0.